The number of carbonyl (C=O) groups excluding carboxylic acids is 1. The van der Waals surface area contributed by atoms with E-state index in [1.807, 2.05) is 12.1 Å². The predicted octanol–water partition coefficient (Wildman–Crippen LogP) is 3.19. The largest absolute Gasteiger partial charge is 0.493 e. The van der Waals surface area contributed by atoms with Crippen molar-refractivity contribution in [2.75, 3.05) is 40.4 Å². The van der Waals surface area contributed by atoms with Crippen molar-refractivity contribution in [3.63, 3.8) is 0 Å². The minimum Gasteiger partial charge on any atom is -0.493 e. The third-order valence-corrected chi connectivity index (χ3v) is 4.75. The molecule has 0 spiro atoms. The molecule has 6 heteroatoms. The summed E-state index contributed by atoms with van der Waals surface area (Å²) in [6.45, 7) is 7.51. The molecule has 0 saturated carbocycles. The molecule has 2 N–H and O–H groups in total. The van der Waals surface area contributed by atoms with E-state index in [4.69, 9.17) is 9.47 Å². The van der Waals surface area contributed by atoms with E-state index in [0.29, 0.717) is 19.0 Å². The number of rotatable bonds is 8. The highest BCUT2D eigenvalue weighted by Crippen LogP contribution is 2.32. The Bertz CT molecular complexity index is 571. The van der Waals surface area contributed by atoms with E-state index >= 15 is 0 Å². The fraction of sp³-hybridized carbons (Fsp3) is 0.650. The molecule has 1 unspecified atom stereocenters. The van der Waals surface area contributed by atoms with Gasteiger partial charge in [0.05, 0.1) is 20.3 Å². The molecular weight excluding hydrogens is 330 g/mol. The van der Waals surface area contributed by atoms with Gasteiger partial charge < -0.3 is 20.1 Å². The Morgan fingerprint density at radius 3 is 2.31 bits per heavy atom. The van der Waals surface area contributed by atoms with Crippen molar-refractivity contribution in [1.82, 2.24) is 15.5 Å². The van der Waals surface area contributed by atoms with E-state index in [2.05, 4.69) is 35.4 Å². The fourth-order valence-corrected chi connectivity index (χ4v) is 3.30. The highest BCUT2D eigenvalue weighted by molar-refractivity contribution is 5.73. The number of benzene rings is 1. The zero-order valence-electron chi connectivity index (χ0n) is 16.5. The van der Waals surface area contributed by atoms with Crippen LogP contribution in [0, 0.1) is 5.92 Å². The number of nitrogens with one attached hydrogen (secondary N) is 2. The molecule has 1 atom stereocenters. The van der Waals surface area contributed by atoms with Crippen molar-refractivity contribution in [2.24, 2.45) is 5.92 Å². The van der Waals surface area contributed by atoms with Gasteiger partial charge in [0.1, 0.15) is 0 Å². The molecule has 6 nitrogen and oxygen atoms in total. The highest BCUT2D eigenvalue weighted by Gasteiger charge is 2.24. The average molecular weight is 364 g/mol. The molecule has 146 valence electrons. The minimum absolute atomic E-state index is 0.110. The molecule has 1 saturated heterocycles. The predicted molar refractivity (Wildman–Crippen MR) is 104 cm³/mol. The molecule has 1 fully saturated rings. The number of nitrogens with zero attached hydrogens (tertiary/aromatic N) is 1. The zero-order chi connectivity index (χ0) is 18.9. The Morgan fingerprint density at radius 1 is 1.04 bits per heavy atom. The third-order valence-electron chi connectivity index (χ3n) is 4.75. The number of methoxy groups -OCH3 is 2. The van der Waals surface area contributed by atoms with E-state index in [9.17, 15) is 4.79 Å². The number of urea groups is 1. The molecule has 0 aliphatic carbocycles. The number of ether oxygens (including phenoxy) is 2. The van der Waals surface area contributed by atoms with Crippen molar-refractivity contribution in [3.05, 3.63) is 23.8 Å². The van der Waals surface area contributed by atoms with Crippen LogP contribution >= 0.6 is 0 Å². The summed E-state index contributed by atoms with van der Waals surface area (Å²) in [7, 11) is 3.29. The van der Waals surface area contributed by atoms with Crippen LogP contribution < -0.4 is 20.1 Å². The number of carbonyl (C=O) groups is 1. The molecule has 1 heterocycles. The second-order valence-electron chi connectivity index (χ2n) is 7.21. The van der Waals surface area contributed by atoms with Crippen LogP contribution in [0.15, 0.2) is 18.2 Å². The number of amides is 2. The van der Waals surface area contributed by atoms with Gasteiger partial charge in [-0.25, -0.2) is 4.79 Å². The lowest BCUT2D eigenvalue weighted by atomic mass is 10.0. The van der Waals surface area contributed by atoms with Crippen molar-refractivity contribution in [2.45, 2.75) is 39.2 Å². The Balaban J connectivity index is 2.12. The van der Waals surface area contributed by atoms with Gasteiger partial charge in [-0.05, 0) is 49.5 Å². The van der Waals surface area contributed by atoms with Crippen LogP contribution in [0.2, 0.25) is 0 Å². The lowest BCUT2D eigenvalue weighted by Gasteiger charge is -2.35. The Labute approximate surface area is 157 Å². The molecule has 1 aromatic carbocycles. The van der Waals surface area contributed by atoms with Crippen LogP contribution in [0.5, 0.6) is 11.5 Å². The monoisotopic (exact) mass is 363 g/mol. The summed E-state index contributed by atoms with van der Waals surface area (Å²) in [5, 5.41) is 5.96. The summed E-state index contributed by atoms with van der Waals surface area (Å²) in [6, 6.07) is 6.03. The molecule has 1 aliphatic heterocycles. The van der Waals surface area contributed by atoms with Crippen molar-refractivity contribution in [1.29, 1.82) is 0 Å². The van der Waals surface area contributed by atoms with Gasteiger partial charge in [-0.3, -0.25) is 4.90 Å². The van der Waals surface area contributed by atoms with Crippen molar-refractivity contribution < 1.29 is 14.3 Å². The van der Waals surface area contributed by atoms with Crippen LogP contribution in [-0.4, -0.2) is 51.3 Å². The molecular formula is C20H33N3O3. The van der Waals surface area contributed by atoms with Gasteiger partial charge in [0.2, 0.25) is 0 Å². The normalized spacial score (nSPS) is 16.2. The van der Waals surface area contributed by atoms with Crippen LogP contribution in [-0.2, 0) is 0 Å². The topological polar surface area (TPSA) is 62.8 Å². The lowest BCUT2D eigenvalue weighted by Crippen LogP contribution is -2.44. The van der Waals surface area contributed by atoms with E-state index in [1.165, 1.54) is 19.3 Å². The van der Waals surface area contributed by atoms with Gasteiger partial charge in [-0.2, -0.15) is 0 Å². The van der Waals surface area contributed by atoms with E-state index in [-0.39, 0.29) is 12.1 Å². The molecule has 2 amide bonds. The minimum atomic E-state index is -0.110. The standard InChI is InChI=1S/C20H33N3O3/c1-15(2)13-21-20(24)22-14-17(23-10-6-5-7-11-23)16-8-9-18(25-3)19(12-16)26-4/h8-9,12,15,17H,5-7,10-11,13-14H2,1-4H3,(H2,21,22,24). The zero-order valence-corrected chi connectivity index (χ0v) is 16.5. The number of likely N-dealkylation sites (tertiary alicyclic amines) is 1. The number of hydrogen-bond acceptors (Lipinski definition) is 4. The second-order valence-corrected chi connectivity index (χ2v) is 7.21. The van der Waals surface area contributed by atoms with Crippen molar-refractivity contribution in [3.8, 4) is 11.5 Å². The highest BCUT2D eigenvalue weighted by atomic mass is 16.5. The van der Waals surface area contributed by atoms with Crippen LogP contribution in [0.25, 0.3) is 0 Å². The summed E-state index contributed by atoms with van der Waals surface area (Å²) in [5.74, 6) is 1.87. The first kappa shape index (κ1) is 20.4. The van der Waals surface area contributed by atoms with Gasteiger partial charge in [0.25, 0.3) is 0 Å². The van der Waals surface area contributed by atoms with Crippen molar-refractivity contribution >= 4 is 6.03 Å². The maximum Gasteiger partial charge on any atom is 0.314 e. The quantitative estimate of drug-likeness (QED) is 0.745. The summed E-state index contributed by atoms with van der Waals surface area (Å²) >= 11 is 0. The second kappa shape index (κ2) is 10.3. The maximum absolute atomic E-state index is 12.1. The molecule has 0 aromatic heterocycles. The summed E-state index contributed by atoms with van der Waals surface area (Å²) in [4.78, 5) is 14.6. The van der Waals surface area contributed by atoms with E-state index < -0.39 is 0 Å². The molecule has 26 heavy (non-hydrogen) atoms. The van der Waals surface area contributed by atoms with E-state index in [1.54, 1.807) is 14.2 Å². The van der Waals surface area contributed by atoms with Crippen LogP contribution in [0.3, 0.4) is 0 Å². The first-order valence-corrected chi connectivity index (χ1v) is 9.52. The molecule has 0 radical (unpaired) electrons. The molecule has 1 aromatic rings. The van der Waals surface area contributed by atoms with Crippen LogP contribution in [0.4, 0.5) is 4.79 Å². The SMILES string of the molecule is COc1ccc(C(CNC(=O)NCC(C)C)N2CCCCC2)cc1OC. The van der Waals surface area contributed by atoms with Gasteiger partial charge in [0, 0.05) is 13.1 Å². The Morgan fingerprint density at radius 2 is 1.69 bits per heavy atom. The molecule has 2 rings (SSSR count). The molecule has 1 aliphatic rings. The third kappa shape index (κ3) is 5.80. The first-order chi connectivity index (χ1) is 12.5. The summed E-state index contributed by atoms with van der Waals surface area (Å²) in [5.41, 5.74) is 1.13. The fourth-order valence-electron chi connectivity index (χ4n) is 3.30. The summed E-state index contributed by atoms with van der Waals surface area (Å²) in [6.07, 6.45) is 3.67. The Kier molecular flexibility index (Phi) is 8.04. The lowest BCUT2D eigenvalue weighted by molar-refractivity contribution is 0.160. The van der Waals surface area contributed by atoms with Gasteiger partial charge in [-0.1, -0.05) is 26.3 Å². The van der Waals surface area contributed by atoms with E-state index in [0.717, 1.165) is 30.2 Å². The summed E-state index contributed by atoms with van der Waals surface area (Å²) < 4.78 is 10.8. The first-order valence-electron chi connectivity index (χ1n) is 9.52. The number of hydrogen-bond donors (Lipinski definition) is 2. The van der Waals surface area contributed by atoms with Gasteiger partial charge in [-0.15, -0.1) is 0 Å². The Hall–Kier alpha value is -1.95. The average Bonchev–Trinajstić information content (AvgIpc) is 2.67. The van der Waals surface area contributed by atoms with Gasteiger partial charge in [0.15, 0.2) is 11.5 Å². The smallest absolute Gasteiger partial charge is 0.314 e. The van der Waals surface area contributed by atoms with Crippen LogP contribution in [0.1, 0.15) is 44.7 Å². The maximum atomic E-state index is 12.1. The molecule has 0 bridgehead atoms. The van der Waals surface area contributed by atoms with Gasteiger partial charge >= 0.3 is 6.03 Å². The number of piperidine rings is 1.